The fourth-order valence-corrected chi connectivity index (χ4v) is 2.20. The van der Waals surface area contributed by atoms with Gasteiger partial charge in [0.1, 0.15) is 12.1 Å². The van der Waals surface area contributed by atoms with Gasteiger partial charge in [0.2, 0.25) is 5.95 Å². The van der Waals surface area contributed by atoms with E-state index in [9.17, 15) is 4.39 Å². The van der Waals surface area contributed by atoms with Crippen LogP contribution in [0, 0.1) is 5.95 Å². The fraction of sp³-hybridized carbons (Fsp3) is 0.333. The van der Waals surface area contributed by atoms with Crippen molar-refractivity contribution in [1.82, 2.24) is 14.5 Å². The normalized spacial score (nSPS) is 14.8. The Balaban J connectivity index is 2.09. The molecule has 0 spiro atoms. The zero-order chi connectivity index (χ0) is 11.0. The maximum Gasteiger partial charge on any atom is 0.214 e. The highest BCUT2D eigenvalue weighted by Gasteiger charge is 2.16. The number of rotatable bonds is 1. The van der Waals surface area contributed by atoms with Crippen molar-refractivity contribution in [3.05, 3.63) is 41.9 Å². The third-order valence-corrected chi connectivity index (χ3v) is 2.98. The number of fused-ring (bicyclic) bond motifs is 1. The first-order chi connectivity index (χ1) is 7.84. The molecule has 0 fully saturated rings. The number of aromatic nitrogens is 3. The van der Waals surface area contributed by atoms with Gasteiger partial charge in [0.05, 0.1) is 5.69 Å². The highest BCUT2D eigenvalue weighted by molar-refractivity contribution is 5.29. The van der Waals surface area contributed by atoms with E-state index in [2.05, 4.69) is 9.97 Å². The molecule has 0 amide bonds. The summed E-state index contributed by atoms with van der Waals surface area (Å²) in [7, 11) is 0. The molecule has 0 atom stereocenters. The van der Waals surface area contributed by atoms with Gasteiger partial charge in [-0.15, -0.1) is 0 Å². The molecule has 3 nitrogen and oxygen atoms in total. The number of hydrogen-bond acceptors (Lipinski definition) is 2. The Bertz CT molecular complexity index is 519. The molecule has 16 heavy (non-hydrogen) atoms. The van der Waals surface area contributed by atoms with Crippen LogP contribution in [0.15, 0.2) is 24.5 Å². The molecule has 82 valence electrons. The van der Waals surface area contributed by atoms with Crippen molar-refractivity contribution in [2.24, 2.45) is 0 Å². The van der Waals surface area contributed by atoms with Crippen LogP contribution in [0.3, 0.4) is 0 Å². The van der Waals surface area contributed by atoms with Crippen LogP contribution in [-0.2, 0) is 12.8 Å². The smallest absolute Gasteiger partial charge is 0.214 e. The minimum absolute atomic E-state index is 0.448. The third-order valence-electron chi connectivity index (χ3n) is 2.98. The van der Waals surface area contributed by atoms with E-state index in [0.29, 0.717) is 5.82 Å². The Kier molecular flexibility index (Phi) is 2.20. The minimum Gasteiger partial charge on any atom is -0.287 e. The molecule has 0 radical (unpaired) electrons. The molecule has 0 aliphatic heterocycles. The molecule has 0 aromatic carbocycles. The number of nitrogens with zero attached hydrogens (tertiary/aromatic N) is 3. The second-order valence-electron chi connectivity index (χ2n) is 4.03. The monoisotopic (exact) mass is 217 g/mol. The van der Waals surface area contributed by atoms with Gasteiger partial charge < -0.3 is 0 Å². The van der Waals surface area contributed by atoms with Crippen molar-refractivity contribution in [1.29, 1.82) is 0 Å². The Morgan fingerprint density at radius 2 is 2.06 bits per heavy atom. The molecule has 0 saturated heterocycles. The van der Waals surface area contributed by atoms with E-state index < -0.39 is 5.95 Å². The van der Waals surface area contributed by atoms with E-state index in [1.807, 2.05) is 4.57 Å². The van der Waals surface area contributed by atoms with Crippen molar-refractivity contribution >= 4 is 0 Å². The standard InChI is InChI=1S/C12H12FN3/c13-11-6-3-7-12(15-11)16-8-14-9-4-1-2-5-10(9)16/h3,6-8H,1-2,4-5H2. The molecule has 0 bridgehead atoms. The van der Waals surface area contributed by atoms with E-state index in [4.69, 9.17) is 0 Å². The van der Waals surface area contributed by atoms with E-state index in [1.165, 1.54) is 24.6 Å². The van der Waals surface area contributed by atoms with E-state index in [1.54, 1.807) is 18.5 Å². The number of pyridine rings is 1. The van der Waals surface area contributed by atoms with Crippen molar-refractivity contribution in [3.63, 3.8) is 0 Å². The SMILES string of the molecule is Fc1cccc(-n2cnc3c2CCCC3)n1. The van der Waals surface area contributed by atoms with Gasteiger partial charge in [0, 0.05) is 5.69 Å². The van der Waals surface area contributed by atoms with E-state index >= 15 is 0 Å². The quantitative estimate of drug-likeness (QED) is 0.686. The maximum absolute atomic E-state index is 13.0. The summed E-state index contributed by atoms with van der Waals surface area (Å²) in [6.07, 6.45) is 6.15. The predicted octanol–water partition coefficient (Wildman–Crippen LogP) is 2.29. The van der Waals surface area contributed by atoms with Crippen LogP contribution in [0.4, 0.5) is 4.39 Å². The molecule has 2 heterocycles. The van der Waals surface area contributed by atoms with Crippen LogP contribution in [0.1, 0.15) is 24.2 Å². The van der Waals surface area contributed by atoms with Crippen LogP contribution in [-0.4, -0.2) is 14.5 Å². The van der Waals surface area contributed by atoms with Gasteiger partial charge >= 0.3 is 0 Å². The number of hydrogen-bond donors (Lipinski definition) is 0. The zero-order valence-electron chi connectivity index (χ0n) is 8.86. The van der Waals surface area contributed by atoms with Crippen LogP contribution in [0.2, 0.25) is 0 Å². The Hall–Kier alpha value is -1.71. The van der Waals surface area contributed by atoms with Crippen LogP contribution >= 0.6 is 0 Å². The lowest BCUT2D eigenvalue weighted by Gasteiger charge is -2.13. The molecule has 0 N–H and O–H groups in total. The van der Waals surface area contributed by atoms with Crippen LogP contribution in [0.25, 0.3) is 5.82 Å². The first-order valence-electron chi connectivity index (χ1n) is 5.52. The largest absolute Gasteiger partial charge is 0.287 e. The summed E-state index contributed by atoms with van der Waals surface area (Å²) in [6.45, 7) is 0. The lowest BCUT2D eigenvalue weighted by atomic mass is 10.0. The van der Waals surface area contributed by atoms with Crippen molar-refractivity contribution in [3.8, 4) is 5.82 Å². The topological polar surface area (TPSA) is 30.7 Å². The summed E-state index contributed by atoms with van der Waals surface area (Å²) in [5.41, 5.74) is 2.32. The van der Waals surface area contributed by atoms with Crippen molar-refractivity contribution in [2.75, 3.05) is 0 Å². The first kappa shape index (κ1) is 9.51. The summed E-state index contributed by atoms with van der Waals surface area (Å²) >= 11 is 0. The van der Waals surface area contributed by atoms with Gasteiger partial charge in [-0.1, -0.05) is 6.07 Å². The Labute approximate surface area is 93.0 Å². The van der Waals surface area contributed by atoms with Gasteiger partial charge in [-0.2, -0.15) is 4.39 Å². The minimum atomic E-state index is -0.448. The molecular formula is C12H12FN3. The van der Waals surface area contributed by atoms with Gasteiger partial charge in [-0.25, -0.2) is 9.97 Å². The number of halogens is 1. The molecule has 1 aliphatic rings. The molecule has 0 saturated carbocycles. The zero-order valence-corrected chi connectivity index (χ0v) is 8.86. The molecule has 0 unspecified atom stereocenters. The van der Waals surface area contributed by atoms with Crippen LogP contribution < -0.4 is 0 Å². The van der Waals surface area contributed by atoms with Gasteiger partial charge in [0.25, 0.3) is 0 Å². The third kappa shape index (κ3) is 1.50. The summed E-state index contributed by atoms with van der Waals surface area (Å²) < 4.78 is 14.9. The molecular weight excluding hydrogens is 205 g/mol. The molecule has 2 aromatic rings. The summed E-state index contributed by atoms with van der Waals surface area (Å²) in [5.74, 6) is 0.173. The second kappa shape index (κ2) is 3.70. The average molecular weight is 217 g/mol. The summed E-state index contributed by atoms with van der Waals surface area (Å²) in [6, 6.07) is 4.83. The fourth-order valence-electron chi connectivity index (χ4n) is 2.20. The molecule has 2 aromatic heterocycles. The lowest BCUT2D eigenvalue weighted by Crippen LogP contribution is -2.08. The first-order valence-corrected chi connectivity index (χ1v) is 5.52. The molecule has 1 aliphatic carbocycles. The summed E-state index contributed by atoms with van der Waals surface area (Å²) in [5, 5.41) is 0. The number of imidazole rings is 1. The van der Waals surface area contributed by atoms with E-state index in [-0.39, 0.29) is 0 Å². The Morgan fingerprint density at radius 3 is 2.94 bits per heavy atom. The number of aryl methyl sites for hydroxylation is 1. The second-order valence-corrected chi connectivity index (χ2v) is 4.03. The van der Waals surface area contributed by atoms with Crippen molar-refractivity contribution in [2.45, 2.75) is 25.7 Å². The van der Waals surface area contributed by atoms with Gasteiger partial charge in [0.15, 0.2) is 0 Å². The highest BCUT2D eigenvalue weighted by Crippen LogP contribution is 2.22. The van der Waals surface area contributed by atoms with Gasteiger partial charge in [-0.05, 0) is 37.8 Å². The van der Waals surface area contributed by atoms with E-state index in [0.717, 1.165) is 18.5 Å². The predicted molar refractivity (Wildman–Crippen MR) is 58.0 cm³/mol. The highest BCUT2D eigenvalue weighted by atomic mass is 19.1. The average Bonchev–Trinajstić information content (AvgIpc) is 2.72. The van der Waals surface area contributed by atoms with Crippen molar-refractivity contribution < 1.29 is 4.39 Å². The molecule has 3 rings (SSSR count). The summed E-state index contributed by atoms with van der Waals surface area (Å²) in [4.78, 5) is 8.24. The van der Waals surface area contributed by atoms with Gasteiger partial charge in [-0.3, -0.25) is 4.57 Å². The lowest BCUT2D eigenvalue weighted by molar-refractivity contribution is 0.578. The van der Waals surface area contributed by atoms with Crippen LogP contribution in [0.5, 0.6) is 0 Å². The maximum atomic E-state index is 13.0. The Morgan fingerprint density at radius 1 is 1.19 bits per heavy atom. The molecule has 4 heteroatoms.